The van der Waals surface area contributed by atoms with E-state index in [0.717, 1.165) is 19.3 Å². The van der Waals surface area contributed by atoms with Gasteiger partial charge in [-0.2, -0.15) is 0 Å². The van der Waals surface area contributed by atoms with Crippen LogP contribution in [0.5, 0.6) is 0 Å². The summed E-state index contributed by atoms with van der Waals surface area (Å²) in [5, 5.41) is 0. The van der Waals surface area contributed by atoms with Gasteiger partial charge in [-0.3, -0.25) is 9.59 Å². The van der Waals surface area contributed by atoms with E-state index in [4.69, 9.17) is 4.74 Å². The van der Waals surface area contributed by atoms with Crippen LogP contribution in [0.25, 0.3) is 0 Å². The van der Waals surface area contributed by atoms with E-state index in [1.165, 1.54) is 6.42 Å². The molecule has 2 rings (SSSR count). The number of esters is 1. The zero-order valence-corrected chi connectivity index (χ0v) is 8.54. The number of hydrogen-bond acceptors (Lipinski definition) is 3. The molecule has 0 saturated heterocycles. The van der Waals surface area contributed by atoms with Crippen LogP contribution in [0.3, 0.4) is 0 Å². The molecule has 3 heteroatoms. The van der Waals surface area contributed by atoms with Gasteiger partial charge in [-0.05, 0) is 31.6 Å². The van der Waals surface area contributed by atoms with E-state index >= 15 is 0 Å². The highest BCUT2D eigenvalue weighted by Crippen LogP contribution is 2.53. The Morgan fingerprint density at radius 3 is 2.71 bits per heavy atom. The fourth-order valence-corrected chi connectivity index (χ4v) is 2.63. The van der Waals surface area contributed by atoms with E-state index in [1.807, 2.05) is 0 Å². The molecule has 2 aliphatic rings. The Bertz CT molecular complexity index is 258. The van der Waals surface area contributed by atoms with Crippen molar-refractivity contribution in [1.29, 1.82) is 0 Å². The maximum atomic E-state index is 11.6. The molecule has 1 unspecified atom stereocenters. The number of Topliss-reactive ketones (excluding diaryl/α,β-unsaturated/α-hetero) is 1. The van der Waals surface area contributed by atoms with Crippen molar-refractivity contribution >= 4 is 11.8 Å². The van der Waals surface area contributed by atoms with Crippen molar-refractivity contribution in [2.75, 3.05) is 6.61 Å². The molecule has 0 heterocycles. The third-order valence-electron chi connectivity index (χ3n) is 3.56. The van der Waals surface area contributed by atoms with Crippen molar-refractivity contribution in [2.45, 2.75) is 39.0 Å². The molecule has 0 aliphatic heterocycles. The molecule has 0 bridgehead atoms. The molecule has 78 valence electrons. The Morgan fingerprint density at radius 2 is 2.29 bits per heavy atom. The Kier molecular flexibility index (Phi) is 2.33. The monoisotopic (exact) mass is 196 g/mol. The minimum absolute atomic E-state index is 0.100. The maximum absolute atomic E-state index is 11.6. The van der Waals surface area contributed by atoms with Crippen LogP contribution >= 0.6 is 0 Å². The Morgan fingerprint density at radius 1 is 1.57 bits per heavy atom. The average molecular weight is 196 g/mol. The molecule has 1 atom stereocenters. The van der Waals surface area contributed by atoms with Crippen LogP contribution in [-0.2, 0) is 14.3 Å². The molecule has 14 heavy (non-hydrogen) atoms. The van der Waals surface area contributed by atoms with E-state index in [2.05, 4.69) is 0 Å². The van der Waals surface area contributed by atoms with Crippen molar-refractivity contribution in [2.24, 2.45) is 11.3 Å². The molecule has 0 radical (unpaired) electrons. The van der Waals surface area contributed by atoms with Gasteiger partial charge in [0.25, 0.3) is 0 Å². The van der Waals surface area contributed by atoms with Gasteiger partial charge in [0.05, 0.1) is 6.61 Å². The summed E-state index contributed by atoms with van der Waals surface area (Å²) >= 11 is 0. The second-order valence-corrected chi connectivity index (χ2v) is 4.51. The molecule has 0 amide bonds. The van der Waals surface area contributed by atoms with Crippen molar-refractivity contribution in [3.63, 3.8) is 0 Å². The van der Waals surface area contributed by atoms with Crippen LogP contribution < -0.4 is 0 Å². The van der Waals surface area contributed by atoms with Crippen LogP contribution in [0.15, 0.2) is 0 Å². The molecule has 2 saturated carbocycles. The summed E-state index contributed by atoms with van der Waals surface area (Å²) in [7, 11) is 0. The first-order chi connectivity index (χ1) is 6.67. The summed E-state index contributed by atoms with van der Waals surface area (Å²) in [5.41, 5.74) is 0.189. The third-order valence-corrected chi connectivity index (χ3v) is 3.56. The normalized spacial score (nSPS) is 28.9. The first kappa shape index (κ1) is 9.69. The fourth-order valence-electron chi connectivity index (χ4n) is 2.63. The van der Waals surface area contributed by atoms with Gasteiger partial charge in [-0.1, -0.05) is 6.42 Å². The van der Waals surface area contributed by atoms with Crippen molar-refractivity contribution in [3.05, 3.63) is 0 Å². The van der Waals surface area contributed by atoms with E-state index in [-0.39, 0.29) is 17.2 Å². The SMILES string of the molecule is CCOC(=O)C1CC2(CCC2)CC1=O. The van der Waals surface area contributed by atoms with Crippen LogP contribution in [0.4, 0.5) is 0 Å². The highest BCUT2D eigenvalue weighted by molar-refractivity contribution is 6.01. The second-order valence-electron chi connectivity index (χ2n) is 4.51. The number of rotatable bonds is 2. The number of carbonyl (C=O) groups is 2. The Hall–Kier alpha value is -0.860. The Balaban J connectivity index is 2.00. The lowest BCUT2D eigenvalue weighted by molar-refractivity contribution is -0.150. The molecular formula is C11H16O3. The van der Waals surface area contributed by atoms with E-state index in [1.54, 1.807) is 6.92 Å². The van der Waals surface area contributed by atoms with Crippen molar-refractivity contribution in [1.82, 2.24) is 0 Å². The lowest BCUT2D eigenvalue weighted by Gasteiger charge is -2.37. The number of carbonyl (C=O) groups excluding carboxylic acids is 2. The fraction of sp³-hybridized carbons (Fsp3) is 0.818. The van der Waals surface area contributed by atoms with Gasteiger partial charge in [-0.25, -0.2) is 0 Å². The largest absolute Gasteiger partial charge is 0.465 e. The quantitative estimate of drug-likeness (QED) is 0.498. The minimum Gasteiger partial charge on any atom is -0.465 e. The molecule has 0 aromatic carbocycles. The Labute approximate surface area is 83.8 Å². The number of ether oxygens (including phenoxy) is 1. The molecule has 2 fully saturated rings. The second kappa shape index (κ2) is 3.37. The van der Waals surface area contributed by atoms with Crippen LogP contribution in [-0.4, -0.2) is 18.4 Å². The van der Waals surface area contributed by atoms with Gasteiger partial charge in [0.1, 0.15) is 11.7 Å². The first-order valence-corrected chi connectivity index (χ1v) is 5.36. The first-order valence-electron chi connectivity index (χ1n) is 5.36. The smallest absolute Gasteiger partial charge is 0.316 e. The highest BCUT2D eigenvalue weighted by atomic mass is 16.5. The molecule has 0 aromatic heterocycles. The molecule has 0 N–H and O–H groups in total. The topological polar surface area (TPSA) is 43.4 Å². The van der Waals surface area contributed by atoms with Crippen molar-refractivity contribution < 1.29 is 14.3 Å². The lowest BCUT2D eigenvalue weighted by atomic mass is 9.67. The average Bonchev–Trinajstić information content (AvgIpc) is 2.43. The number of hydrogen-bond donors (Lipinski definition) is 0. The summed E-state index contributed by atoms with van der Waals surface area (Å²) in [6, 6.07) is 0. The van der Waals surface area contributed by atoms with E-state index in [0.29, 0.717) is 13.0 Å². The predicted molar refractivity (Wildman–Crippen MR) is 50.6 cm³/mol. The van der Waals surface area contributed by atoms with Crippen LogP contribution in [0, 0.1) is 11.3 Å². The summed E-state index contributed by atoms with van der Waals surface area (Å²) < 4.78 is 4.90. The van der Waals surface area contributed by atoms with Gasteiger partial charge in [0.2, 0.25) is 0 Å². The van der Waals surface area contributed by atoms with Gasteiger partial charge < -0.3 is 4.74 Å². The van der Waals surface area contributed by atoms with Gasteiger partial charge >= 0.3 is 5.97 Å². The molecular weight excluding hydrogens is 180 g/mol. The van der Waals surface area contributed by atoms with Gasteiger partial charge in [0, 0.05) is 6.42 Å². The van der Waals surface area contributed by atoms with E-state index < -0.39 is 5.92 Å². The third kappa shape index (κ3) is 1.45. The standard InChI is InChI=1S/C11H16O3/c1-2-14-10(13)8-6-11(4-3-5-11)7-9(8)12/h8H,2-7H2,1H3. The van der Waals surface area contributed by atoms with Gasteiger partial charge in [-0.15, -0.1) is 0 Å². The maximum Gasteiger partial charge on any atom is 0.316 e. The molecule has 1 spiro atoms. The predicted octanol–water partition coefficient (Wildman–Crippen LogP) is 1.70. The summed E-state index contributed by atoms with van der Waals surface area (Å²) in [6.45, 7) is 2.14. The highest BCUT2D eigenvalue weighted by Gasteiger charge is 2.50. The van der Waals surface area contributed by atoms with E-state index in [9.17, 15) is 9.59 Å². The molecule has 0 aromatic rings. The zero-order chi connectivity index (χ0) is 10.2. The lowest BCUT2D eigenvalue weighted by Crippen LogP contribution is -2.27. The summed E-state index contributed by atoms with van der Waals surface area (Å²) in [5.74, 6) is -0.653. The van der Waals surface area contributed by atoms with Crippen LogP contribution in [0.1, 0.15) is 39.0 Å². The molecule has 2 aliphatic carbocycles. The van der Waals surface area contributed by atoms with Crippen LogP contribution in [0.2, 0.25) is 0 Å². The van der Waals surface area contributed by atoms with Crippen molar-refractivity contribution in [3.8, 4) is 0 Å². The van der Waals surface area contributed by atoms with Gasteiger partial charge in [0.15, 0.2) is 0 Å². The zero-order valence-electron chi connectivity index (χ0n) is 8.54. The molecule has 3 nitrogen and oxygen atoms in total. The summed E-state index contributed by atoms with van der Waals surface area (Å²) in [6.07, 6.45) is 4.80. The summed E-state index contributed by atoms with van der Waals surface area (Å²) in [4.78, 5) is 23.0. The number of ketones is 1. The minimum atomic E-state index is -0.449.